The molecule has 0 aromatic heterocycles. The number of hydrogen-bond acceptors (Lipinski definition) is 3. The van der Waals surface area contributed by atoms with E-state index < -0.39 is 23.1 Å². The minimum absolute atomic E-state index is 0.103. The number of nitrogens with one attached hydrogen (secondary N) is 2. The average molecular weight is 327 g/mol. The Morgan fingerprint density at radius 2 is 1.57 bits per heavy atom. The Labute approximate surface area is 134 Å². The zero-order chi connectivity index (χ0) is 17.1. The summed E-state index contributed by atoms with van der Waals surface area (Å²) in [7, 11) is 0. The van der Waals surface area contributed by atoms with Gasteiger partial charge in [0.05, 0.1) is 0 Å². The van der Waals surface area contributed by atoms with E-state index in [0.29, 0.717) is 13.0 Å². The minimum atomic E-state index is -0.913. The highest BCUT2D eigenvalue weighted by atomic mass is 19.1. The maximum atomic E-state index is 13.4. The molecule has 0 bridgehead atoms. The number of carbonyl (C=O) groups is 2. The molecule has 4 N–H and O–H groups in total. The Balaban J connectivity index is 2.19. The Morgan fingerprint density at radius 3 is 2.22 bits per heavy atom. The number of hydrogen-bond donors (Lipinski definition) is 3. The lowest BCUT2D eigenvalue weighted by Gasteiger charge is -2.08. The first-order valence-corrected chi connectivity index (χ1v) is 7.75. The molecule has 7 heteroatoms. The largest absolute Gasteiger partial charge is 0.354 e. The summed E-state index contributed by atoms with van der Waals surface area (Å²) < 4.78 is 26.8. The second-order valence-corrected chi connectivity index (χ2v) is 5.16. The zero-order valence-electron chi connectivity index (χ0n) is 13.0. The molecule has 0 spiro atoms. The van der Waals surface area contributed by atoms with Crippen molar-refractivity contribution in [2.75, 3.05) is 19.6 Å². The predicted octanol–water partition coefficient (Wildman–Crippen LogP) is 1.72. The SMILES string of the molecule is NCCCCCCC(=O)NCCNC(=O)c1c(F)cccc1F. The molecule has 128 valence electrons. The summed E-state index contributed by atoms with van der Waals surface area (Å²) in [6.07, 6.45) is 4.13. The molecule has 2 amide bonds. The van der Waals surface area contributed by atoms with Crippen LogP contribution in [0.25, 0.3) is 0 Å². The van der Waals surface area contributed by atoms with E-state index in [1.165, 1.54) is 6.07 Å². The van der Waals surface area contributed by atoms with Gasteiger partial charge in [-0.1, -0.05) is 18.9 Å². The molecule has 0 heterocycles. The highest BCUT2D eigenvalue weighted by Gasteiger charge is 2.16. The van der Waals surface area contributed by atoms with E-state index in [9.17, 15) is 18.4 Å². The maximum Gasteiger partial charge on any atom is 0.257 e. The number of rotatable bonds is 10. The van der Waals surface area contributed by atoms with Crippen molar-refractivity contribution in [1.82, 2.24) is 10.6 Å². The summed E-state index contributed by atoms with van der Waals surface area (Å²) in [6.45, 7) is 0.976. The summed E-state index contributed by atoms with van der Waals surface area (Å²) in [4.78, 5) is 23.2. The number of benzene rings is 1. The van der Waals surface area contributed by atoms with E-state index >= 15 is 0 Å². The lowest BCUT2D eigenvalue weighted by molar-refractivity contribution is -0.121. The molecule has 0 aliphatic heterocycles. The van der Waals surface area contributed by atoms with Crippen LogP contribution < -0.4 is 16.4 Å². The van der Waals surface area contributed by atoms with Gasteiger partial charge in [-0.15, -0.1) is 0 Å². The summed E-state index contributed by atoms with van der Waals surface area (Å²) in [6, 6.07) is 3.23. The fraction of sp³-hybridized carbons (Fsp3) is 0.500. The monoisotopic (exact) mass is 327 g/mol. The number of amides is 2. The quantitative estimate of drug-likeness (QED) is 0.572. The minimum Gasteiger partial charge on any atom is -0.354 e. The third-order valence-corrected chi connectivity index (χ3v) is 3.28. The topological polar surface area (TPSA) is 84.2 Å². The average Bonchev–Trinajstić information content (AvgIpc) is 2.51. The molecule has 0 atom stereocenters. The number of carbonyl (C=O) groups excluding carboxylic acids is 2. The van der Waals surface area contributed by atoms with E-state index in [-0.39, 0.29) is 19.0 Å². The summed E-state index contributed by atoms with van der Waals surface area (Å²) in [5.74, 6) is -2.77. The van der Waals surface area contributed by atoms with Gasteiger partial charge in [-0.3, -0.25) is 9.59 Å². The van der Waals surface area contributed by atoms with E-state index in [4.69, 9.17) is 5.73 Å². The molecular formula is C16H23F2N3O2. The first kappa shape index (κ1) is 19.0. The lowest BCUT2D eigenvalue weighted by atomic mass is 10.1. The van der Waals surface area contributed by atoms with Gasteiger partial charge in [-0.05, 0) is 31.5 Å². The van der Waals surface area contributed by atoms with Crippen LogP contribution in [-0.2, 0) is 4.79 Å². The van der Waals surface area contributed by atoms with Gasteiger partial charge in [0.15, 0.2) is 0 Å². The van der Waals surface area contributed by atoms with E-state index in [2.05, 4.69) is 10.6 Å². The summed E-state index contributed by atoms with van der Waals surface area (Å²) in [5.41, 5.74) is 4.76. The van der Waals surface area contributed by atoms with Crippen molar-refractivity contribution in [3.8, 4) is 0 Å². The molecular weight excluding hydrogens is 304 g/mol. The van der Waals surface area contributed by atoms with Crippen molar-refractivity contribution in [3.63, 3.8) is 0 Å². The molecule has 1 aromatic carbocycles. The standard InChI is InChI=1S/C16H23F2N3O2/c17-12-6-5-7-13(18)15(12)16(23)21-11-10-20-14(22)8-3-1-2-4-9-19/h5-7H,1-4,8-11,19H2,(H,20,22)(H,21,23). The van der Waals surface area contributed by atoms with Crippen molar-refractivity contribution >= 4 is 11.8 Å². The molecule has 0 aliphatic carbocycles. The molecule has 5 nitrogen and oxygen atoms in total. The second kappa shape index (κ2) is 10.7. The van der Waals surface area contributed by atoms with Gasteiger partial charge in [0.25, 0.3) is 5.91 Å². The fourth-order valence-corrected chi connectivity index (χ4v) is 2.05. The molecule has 23 heavy (non-hydrogen) atoms. The molecule has 0 saturated carbocycles. The van der Waals surface area contributed by atoms with Crippen molar-refractivity contribution in [3.05, 3.63) is 35.4 Å². The Kier molecular flexibility index (Phi) is 8.82. The van der Waals surface area contributed by atoms with Crippen LogP contribution in [0.4, 0.5) is 8.78 Å². The first-order valence-electron chi connectivity index (χ1n) is 7.75. The fourth-order valence-electron chi connectivity index (χ4n) is 2.05. The van der Waals surface area contributed by atoms with Crippen LogP contribution in [0.3, 0.4) is 0 Å². The Hall–Kier alpha value is -2.02. The van der Waals surface area contributed by atoms with Crippen LogP contribution in [0.5, 0.6) is 0 Å². The zero-order valence-corrected chi connectivity index (χ0v) is 13.0. The van der Waals surface area contributed by atoms with Gasteiger partial charge in [-0.25, -0.2) is 8.78 Å². The van der Waals surface area contributed by atoms with E-state index in [1.807, 2.05) is 0 Å². The molecule has 0 aliphatic rings. The molecule has 0 saturated heterocycles. The lowest BCUT2D eigenvalue weighted by Crippen LogP contribution is -2.35. The number of unbranched alkanes of at least 4 members (excludes halogenated alkanes) is 3. The van der Waals surface area contributed by atoms with Crippen LogP contribution in [-0.4, -0.2) is 31.4 Å². The Bertz CT molecular complexity index is 504. The van der Waals surface area contributed by atoms with Gasteiger partial charge < -0.3 is 16.4 Å². The molecule has 1 aromatic rings. The van der Waals surface area contributed by atoms with Crippen LogP contribution in [0.1, 0.15) is 42.5 Å². The molecule has 0 radical (unpaired) electrons. The predicted molar refractivity (Wildman–Crippen MR) is 83.8 cm³/mol. The van der Waals surface area contributed by atoms with Gasteiger partial charge in [0, 0.05) is 19.5 Å². The third kappa shape index (κ3) is 7.19. The third-order valence-electron chi connectivity index (χ3n) is 3.28. The van der Waals surface area contributed by atoms with Gasteiger partial charge in [-0.2, -0.15) is 0 Å². The number of nitrogens with two attached hydrogens (primary N) is 1. The van der Waals surface area contributed by atoms with Crippen LogP contribution in [0, 0.1) is 11.6 Å². The normalized spacial score (nSPS) is 10.4. The second-order valence-electron chi connectivity index (χ2n) is 5.16. The van der Waals surface area contributed by atoms with Crippen LogP contribution in [0.2, 0.25) is 0 Å². The number of halogens is 2. The first-order chi connectivity index (χ1) is 11.1. The Morgan fingerprint density at radius 1 is 0.957 bits per heavy atom. The summed E-state index contributed by atoms with van der Waals surface area (Å²) in [5, 5.41) is 5.02. The van der Waals surface area contributed by atoms with Gasteiger partial charge in [0.2, 0.25) is 5.91 Å². The van der Waals surface area contributed by atoms with Crippen LogP contribution >= 0.6 is 0 Å². The van der Waals surface area contributed by atoms with Crippen LogP contribution in [0.15, 0.2) is 18.2 Å². The van der Waals surface area contributed by atoms with Crippen molar-refractivity contribution in [2.45, 2.75) is 32.1 Å². The smallest absolute Gasteiger partial charge is 0.257 e. The van der Waals surface area contributed by atoms with Gasteiger partial charge in [0.1, 0.15) is 17.2 Å². The van der Waals surface area contributed by atoms with E-state index in [1.54, 1.807) is 0 Å². The highest BCUT2D eigenvalue weighted by Crippen LogP contribution is 2.11. The summed E-state index contributed by atoms with van der Waals surface area (Å²) >= 11 is 0. The van der Waals surface area contributed by atoms with E-state index in [0.717, 1.165) is 37.8 Å². The highest BCUT2D eigenvalue weighted by molar-refractivity contribution is 5.94. The maximum absolute atomic E-state index is 13.4. The van der Waals surface area contributed by atoms with Gasteiger partial charge >= 0.3 is 0 Å². The molecule has 0 fully saturated rings. The van der Waals surface area contributed by atoms with Crippen molar-refractivity contribution in [2.24, 2.45) is 5.73 Å². The van der Waals surface area contributed by atoms with Crippen molar-refractivity contribution < 1.29 is 18.4 Å². The molecule has 1 rings (SSSR count). The molecule has 0 unspecified atom stereocenters. The van der Waals surface area contributed by atoms with Crippen molar-refractivity contribution in [1.29, 1.82) is 0 Å².